The summed E-state index contributed by atoms with van der Waals surface area (Å²) < 4.78 is 4.81. The van der Waals surface area contributed by atoms with Crippen LogP contribution in [0.15, 0.2) is 35.4 Å². The van der Waals surface area contributed by atoms with Gasteiger partial charge < -0.3 is 14.9 Å². The fourth-order valence-electron chi connectivity index (χ4n) is 5.27. The standard InChI is InChI=1S/C22H27N3O6/c1-2-31-22(30)24-23-15-10-16(26)19(27)17-13(15)8-9-14-18(17)21(29)25(20(14)28)11-12-6-4-3-5-7-12/h3-7,13-14,16-19,26-27H,2,8-11H2,1H3,(H,24,30)/b23-15+/t13-,14-,16-,17+,18-,19-/m1/s1. The number of benzene rings is 1. The minimum Gasteiger partial charge on any atom is -0.449 e. The Morgan fingerprint density at radius 3 is 2.58 bits per heavy atom. The quantitative estimate of drug-likeness (QED) is 0.485. The summed E-state index contributed by atoms with van der Waals surface area (Å²) in [5.74, 6) is -2.73. The first-order valence-electron chi connectivity index (χ1n) is 10.7. The Kier molecular flexibility index (Phi) is 6.06. The van der Waals surface area contributed by atoms with Crippen molar-refractivity contribution in [1.29, 1.82) is 0 Å². The van der Waals surface area contributed by atoms with Gasteiger partial charge in [0.25, 0.3) is 0 Å². The molecule has 0 spiro atoms. The van der Waals surface area contributed by atoms with Crippen molar-refractivity contribution < 1.29 is 29.3 Å². The summed E-state index contributed by atoms with van der Waals surface area (Å²) in [4.78, 5) is 39.2. The number of rotatable bonds is 4. The molecule has 0 bridgehead atoms. The topological polar surface area (TPSA) is 129 Å². The van der Waals surface area contributed by atoms with Gasteiger partial charge in [-0.15, -0.1) is 0 Å². The number of nitrogens with zero attached hydrogens (tertiary/aromatic N) is 2. The first-order valence-corrected chi connectivity index (χ1v) is 10.7. The highest BCUT2D eigenvalue weighted by Gasteiger charge is 2.59. The van der Waals surface area contributed by atoms with Crippen molar-refractivity contribution in [2.24, 2.45) is 28.8 Å². The molecule has 9 heteroatoms. The van der Waals surface area contributed by atoms with Gasteiger partial charge in [0.1, 0.15) is 0 Å². The molecule has 1 aromatic carbocycles. The summed E-state index contributed by atoms with van der Waals surface area (Å²) in [6.07, 6.45) is -1.87. The zero-order valence-corrected chi connectivity index (χ0v) is 17.3. The molecule has 6 atom stereocenters. The molecule has 2 saturated carbocycles. The Bertz CT molecular complexity index is 888. The van der Waals surface area contributed by atoms with E-state index in [9.17, 15) is 24.6 Å². The average molecular weight is 429 g/mol. The van der Waals surface area contributed by atoms with Crippen LogP contribution < -0.4 is 5.43 Å². The van der Waals surface area contributed by atoms with Crippen LogP contribution in [0.3, 0.4) is 0 Å². The minimum atomic E-state index is -1.15. The molecule has 1 aromatic rings. The number of carbonyl (C=O) groups excluding carboxylic acids is 3. The van der Waals surface area contributed by atoms with Gasteiger partial charge in [0.2, 0.25) is 11.8 Å². The van der Waals surface area contributed by atoms with Crippen LogP contribution >= 0.6 is 0 Å². The number of carbonyl (C=O) groups is 3. The molecular weight excluding hydrogens is 402 g/mol. The first-order chi connectivity index (χ1) is 14.9. The van der Waals surface area contributed by atoms with Gasteiger partial charge in [-0.3, -0.25) is 14.5 Å². The van der Waals surface area contributed by atoms with Crippen molar-refractivity contribution >= 4 is 23.6 Å². The average Bonchev–Trinajstić information content (AvgIpc) is 3.00. The van der Waals surface area contributed by atoms with E-state index < -0.39 is 36.1 Å². The Balaban J connectivity index is 1.59. The lowest BCUT2D eigenvalue weighted by Crippen LogP contribution is -2.55. The van der Waals surface area contributed by atoms with Crippen LogP contribution in [0.25, 0.3) is 0 Å². The monoisotopic (exact) mass is 429 g/mol. The summed E-state index contributed by atoms with van der Waals surface area (Å²) in [5.41, 5.74) is 3.68. The third-order valence-corrected chi connectivity index (χ3v) is 6.62. The van der Waals surface area contributed by atoms with Gasteiger partial charge >= 0.3 is 6.09 Å². The van der Waals surface area contributed by atoms with E-state index in [4.69, 9.17) is 4.74 Å². The number of fused-ring (bicyclic) bond motifs is 3. The molecule has 0 radical (unpaired) electrons. The van der Waals surface area contributed by atoms with E-state index in [1.54, 1.807) is 6.92 Å². The van der Waals surface area contributed by atoms with E-state index in [1.807, 2.05) is 30.3 Å². The second kappa shape index (κ2) is 8.76. The predicted octanol–water partition coefficient (Wildman–Crippen LogP) is 1.04. The summed E-state index contributed by atoms with van der Waals surface area (Å²) in [7, 11) is 0. The van der Waals surface area contributed by atoms with E-state index in [2.05, 4.69) is 10.5 Å². The van der Waals surface area contributed by atoms with Gasteiger partial charge in [-0.05, 0) is 25.3 Å². The van der Waals surface area contributed by atoms with E-state index in [0.29, 0.717) is 18.6 Å². The van der Waals surface area contributed by atoms with Gasteiger partial charge in [-0.25, -0.2) is 10.2 Å². The Morgan fingerprint density at radius 1 is 1.16 bits per heavy atom. The van der Waals surface area contributed by atoms with E-state index in [1.165, 1.54) is 4.90 Å². The molecule has 166 valence electrons. The van der Waals surface area contributed by atoms with Crippen LogP contribution in [-0.2, 0) is 20.9 Å². The van der Waals surface area contributed by atoms with Gasteiger partial charge in [0.05, 0.1) is 37.2 Å². The number of ether oxygens (including phenoxy) is 1. The number of imide groups is 1. The lowest BCUT2D eigenvalue weighted by atomic mass is 9.60. The lowest BCUT2D eigenvalue weighted by molar-refractivity contribution is -0.142. The van der Waals surface area contributed by atoms with Crippen LogP contribution in [0.1, 0.15) is 31.7 Å². The van der Waals surface area contributed by atoms with Crippen LogP contribution in [-0.4, -0.2) is 57.5 Å². The second-order valence-electron chi connectivity index (χ2n) is 8.34. The van der Waals surface area contributed by atoms with E-state index in [0.717, 1.165) is 5.56 Å². The van der Waals surface area contributed by atoms with Crippen LogP contribution in [0.4, 0.5) is 4.79 Å². The summed E-state index contributed by atoms with van der Waals surface area (Å²) in [5, 5.41) is 25.4. The SMILES string of the molecule is CCOC(=O)N/N=C1\C[C@@H](O)[C@@H](O)[C@@H]2[C@@H]3C(=O)N(Cc4ccccc4)C(=O)[C@@H]3CC[C@H]12. The molecule has 3 amide bonds. The lowest BCUT2D eigenvalue weighted by Gasteiger charge is -2.45. The van der Waals surface area contributed by atoms with E-state index >= 15 is 0 Å². The maximum absolute atomic E-state index is 13.3. The molecule has 9 nitrogen and oxygen atoms in total. The highest BCUT2D eigenvalue weighted by atomic mass is 16.5. The number of aliphatic hydroxyl groups excluding tert-OH is 2. The molecule has 4 rings (SSSR count). The molecule has 3 fully saturated rings. The van der Waals surface area contributed by atoms with Crippen LogP contribution in [0.2, 0.25) is 0 Å². The van der Waals surface area contributed by atoms with Crippen molar-refractivity contribution in [2.75, 3.05) is 6.61 Å². The van der Waals surface area contributed by atoms with Crippen LogP contribution in [0.5, 0.6) is 0 Å². The summed E-state index contributed by atoms with van der Waals surface area (Å²) >= 11 is 0. The fourth-order valence-corrected chi connectivity index (χ4v) is 5.27. The third-order valence-electron chi connectivity index (χ3n) is 6.62. The molecule has 31 heavy (non-hydrogen) atoms. The van der Waals surface area contributed by atoms with Gasteiger partial charge in [-0.2, -0.15) is 5.10 Å². The molecule has 3 N–H and O–H groups in total. The van der Waals surface area contributed by atoms with Gasteiger partial charge in [0.15, 0.2) is 0 Å². The van der Waals surface area contributed by atoms with Crippen molar-refractivity contribution in [3.8, 4) is 0 Å². The second-order valence-corrected chi connectivity index (χ2v) is 8.34. The molecule has 0 aromatic heterocycles. The smallest absolute Gasteiger partial charge is 0.427 e. The molecule has 2 aliphatic carbocycles. The minimum absolute atomic E-state index is 0.0853. The maximum atomic E-state index is 13.3. The Hall–Kier alpha value is -2.78. The zero-order valence-electron chi connectivity index (χ0n) is 17.3. The predicted molar refractivity (Wildman–Crippen MR) is 109 cm³/mol. The number of nitrogens with one attached hydrogen (secondary N) is 1. The molecular formula is C22H27N3O6. The van der Waals surface area contributed by atoms with E-state index in [-0.39, 0.29) is 37.3 Å². The number of hydrogen-bond donors (Lipinski definition) is 3. The number of amides is 3. The van der Waals surface area contributed by atoms with Crippen molar-refractivity contribution in [2.45, 2.75) is 44.9 Å². The summed E-state index contributed by atoms with van der Waals surface area (Å²) in [6.45, 7) is 2.06. The van der Waals surface area contributed by atoms with Crippen molar-refractivity contribution in [3.63, 3.8) is 0 Å². The normalized spacial score (nSPS) is 33.8. The first kappa shape index (κ1) is 21.5. The Morgan fingerprint density at radius 2 is 1.87 bits per heavy atom. The summed E-state index contributed by atoms with van der Waals surface area (Å²) in [6, 6.07) is 9.28. The third kappa shape index (κ3) is 3.95. The highest BCUT2D eigenvalue weighted by Crippen LogP contribution is 2.49. The number of aliphatic hydroxyl groups is 2. The Labute approximate surface area is 180 Å². The van der Waals surface area contributed by atoms with Gasteiger partial charge in [0, 0.05) is 24.0 Å². The highest BCUT2D eigenvalue weighted by molar-refractivity contribution is 6.06. The zero-order chi connectivity index (χ0) is 22.1. The van der Waals surface area contributed by atoms with Crippen LogP contribution in [0, 0.1) is 23.7 Å². The largest absolute Gasteiger partial charge is 0.449 e. The number of hydrazone groups is 1. The molecule has 1 aliphatic heterocycles. The molecule has 1 saturated heterocycles. The molecule has 0 unspecified atom stereocenters. The number of hydrogen-bond acceptors (Lipinski definition) is 7. The molecule has 3 aliphatic rings. The fraction of sp³-hybridized carbons (Fsp3) is 0.545. The maximum Gasteiger partial charge on any atom is 0.427 e. The number of likely N-dealkylation sites (tertiary alicyclic amines) is 1. The van der Waals surface area contributed by atoms with Crippen molar-refractivity contribution in [3.05, 3.63) is 35.9 Å². The van der Waals surface area contributed by atoms with Gasteiger partial charge in [-0.1, -0.05) is 30.3 Å². The van der Waals surface area contributed by atoms with Crippen molar-refractivity contribution in [1.82, 2.24) is 10.3 Å². The molecule has 1 heterocycles.